The summed E-state index contributed by atoms with van der Waals surface area (Å²) in [6, 6.07) is 28.1. The zero-order valence-electron chi connectivity index (χ0n) is 12.1. The van der Waals surface area contributed by atoms with Gasteiger partial charge >= 0.3 is 59.7 Å². The molecule has 3 nitrogen and oxygen atoms in total. The van der Waals surface area contributed by atoms with E-state index in [0.29, 0.717) is 11.4 Å². The van der Waals surface area contributed by atoms with Crippen molar-refractivity contribution in [3.8, 4) is 0 Å². The van der Waals surface area contributed by atoms with Crippen LogP contribution in [0.15, 0.2) is 94.4 Å². The molecule has 0 atom stereocenters. The molecule has 0 fully saturated rings. The first-order valence-corrected chi connectivity index (χ1v) is 7.38. The van der Waals surface area contributed by atoms with Crippen LogP contribution >= 0.6 is 0 Å². The molecule has 0 radical (unpaired) electrons. The summed E-state index contributed by atoms with van der Waals surface area (Å²) in [4.78, 5) is 0. The van der Waals surface area contributed by atoms with E-state index in [9.17, 15) is 0 Å². The minimum atomic E-state index is 0.572. The molecule has 3 aromatic rings. The van der Waals surface area contributed by atoms with Crippen LogP contribution in [0.25, 0.3) is 11.5 Å². The van der Waals surface area contributed by atoms with E-state index in [0.717, 1.165) is 5.69 Å². The summed E-state index contributed by atoms with van der Waals surface area (Å²) in [5.41, 5.74) is 16.2. The average molecular weight is 323 g/mol. The van der Waals surface area contributed by atoms with Crippen LogP contribution in [0.4, 0.5) is 17.1 Å². The van der Waals surface area contributed by atoms with Gasteiger partial charge in [0.05, 0.1) is 0 Å². The quantitative estimate of drug-likeness (QED) is 0.443. The van der Waals surface area contributed by atoms with E-state index in [2.05, 4.69) is 3.42 Å². The van der Waals surface area contributed by atoms with Gasteiger partial charge in [0.25, 0.3) is 0 Å². The molecule has 0 amide bonds. The fraction of sp³-hybridized carbons (Fsp3) is 0. The van der Waals surface area contributed by atoms with Crippen LogP contribution in [0.3, 0.4) is 0 Å². The Hall–Kier alpha value is -2.23. The van der Waals surface area contributed by atoms with E-state index >= 15 is 0 Å². The fourth-order valence-electron chi connectivity index (χ4n) is 1.38. The Morgan fingerprint density at radius 1 is 0.545 bits per heavy atom. The summed E-state index contributed by atoms with van der Waals surface area (Å²) in [6.45, 7) is 0. The van der Waals surface area contributed by atoms with Crippen molar-refractivity contribution < 1.29 is 20.3 Å². The zero-order valence-corrected chi connectivity index (χ0v) is 13.7. The molecule has 0 aliphatic carbocycles. The topological polar surface area (TPSA) is 60.0 Å². The van der Waals surface area contributed by atoms with Crippen molar-refractivity contribution in [1.29, 1.82) is 0 Å². The van der Waals surface area contributed by atoms with Crippen LogP contribution in [0.2, 0.25) is 0 Å². The Morgan fingerprint density at radius 2 is 0.864 bits per heavy atom. The van der Waals surface area contributed by atoms with Crippen LogP contribution in [0.1, 0.15) is 0 Å². The SMILES string of the molecule is [NH-]c1ccccc1.[NH-]c1ccccc1.[Ti+2]=[N]c1ccccc1. The second kappa shape index (κ2) is 11.4. The molecular formula is C18H17N3Ti. The molecule has 0 aliphatic rings. The van der Waals surface area contributed by atoms with E-state index in [-0.39, 0.29) is 0 Å². The van der Waals surface area contributed by atoms with Gasteiger partial charge in [-0.3, -0.25) is 0 Å². The van der Waals surface area contributed by atoms with Crippen molar-refractivity contribution in [2.24, 2.45) is 3.42 Å². The normalized spacial score (nSPS) is 8.64. The van der Waals surface area contributed by atoms with Gasteiger partial charge in [-0.25, -0.2) is 0 Å². The van der Waals surface area contributed by atoms with E-state index < -0.39 is 0 Å². The van der Waals surface area contributed by atoms with E-state index in [1.54, 1.807) is 44.5 Å². The minimum absolute atomic E-state index is 0.572. The third-order valence-corrected chi connectivity index (χ3v) is 2.84. The first-order valence-electron chi connectivity index (χ1n) is 6.68. The van der Waals surface area contributed by atoms with Gasteiger partial charge in [0, 0.05) is 0 Å². The Bertz CT molecular complexity index is 591. The summed E-state index contributed by atoms with van der Waals surface area (Å²) < 4.78 is 3.97. The van der Waals surface area contributed by atoms with Crippen LogP contribution in [-0.4, -0.2) is 0 Å². The first kappa shape index (κ1) is 17.8. The van der Waals surface area contributed by atoms with Crippen molar-refractivity contribution in [3.05, 3.63) is 102 Å². The average Bonchev–Trinajstić information content (AvgIpc) is 2.58. The molecular weight excluding hydrogens is 306 g/mol. The van der Waals surface area contributed by atoms with Crippen LogP contribution < -0.4 is 0 Å². The summed E-state index contributed by atoms with van der Waals surface area (Å²) in [7, 11) is 0. The molecule has 4 heteroatoms. The predicted octanol–water partition coefficient (Wildman–Crippen LogP) is 6.79. The van der Waals surface area contributed by atoms with Crippen LogP contribution in [0, 0.1) is 0 Å². The summed E-state index contributed by atoms with van der Waals surface area (Å²) >= 11 is 1.79. The van der Waals surface area contributed by atoms with Gasteiger partial charge in [0.2, 0.25) is 0 Å². The maximum atomic E-state index is 7.00. The Kier molecular flexibility index (Phi) is 9.27. The summed E-state index contributed by atoms with van der Waals surface area (Å²) in [5.74, 6) is 0. The fourth-order valence-corrected chi connectivity index (χ4v) is 1.61. The number of rotatable bonds is 1. The monoisotopic (exact) mass is 323 g/mol. The van der Waals surface area contributed by atoms with Crippen molar-refractivity contribution >= 4 is 17.1 Å². The van der Waals surface area contributed by atoms with Crippen molar-refractivity contribution in [1.82, 2.24) is 0 Å². The third-order valence-electron chi connectivity index (χ3n) is 2.43. The molecule has 108 valence electrons. The summed E-state index contributed by atoms with van der Waals surface area (Å²) in [6.07, 6.45) is 0. The Balaban J connectivity index is 0.000000166. The number of nitrogens with one attached hydrogen (secondary N) is 2. The maximum absolute atomic E-state index is 7.00. The Labute approximate surface area is 143 Å². The standard InChI is InChI=1S/2C6H6N.C6H5N.Ti/c3*7-6-4-2-1-3-5-6;/h2*1-5,7H;1-5H;/q2*-1;;+2. The molecule has 0 saturated heterocycles. The Morgan fingerprint density at radius 3 is 1.05 bits per heavy atom. The number of benzene rings is 3. The van der Waals surface area contributed by atoms with Crippen LogP contribution in [0.5, 0.6) is 0 Å². The first-order chi connectivity index (χ1) is 10.7. The second-order valence-corrected chi connectivity index (χ2v) is 4.53. The van der Waals surface area contributed by atoms with Crippen molar-refractivity contribution in [2.45, 2.75) is 0 Å². The van der Waals surface area contributed by atoms with E-state index in [1.165, 1.54) is 0 Å². The molecule has 22 heavy (non-hydrogen) atoms. The third kappa shape index (κ3) is 8.85. The van der Waals surface area contributed by atoms with Gasteiger partial charge in [-0.05, 0) is 0 Å². The predicted molar refractivity (Wildman–Crippen MR) is 89.4 cm³/mol. The van der Waals surface area contributed by atoms with E-state index in [1.807, 2.05) is 66.7 Å². The molecule has 0 spiro atoms. The molecule has 3 rings (SSSR count). The van der Waals surface area contributed by atoms with Gasteiger partial charge in [0.15, 0.2) is 0 Å². The van der Waals surface area contributed by atoms with E-state index in [4.69, 9.17) is 11.5 Å². The number of nitrogens with zero attached hydrogens (tertiary/aromatic N) is 1. The van der Waals surface area contributed by atoms with Gasteiger partial charge in [-0.15, -0.1) is 11.4 Å². The molecule has 0 aromatic heterocycles. The summed E-state index contributed by atoms with van der Waals surface area (Å²) in [5, 5.41) is 0. The number of hydrogen-bond donors (Lipinski definition) is 0. The molecule has 0 aliphatic heterocycles. The number of hydrogen-bond acceptors (Lipinski definition) is 1. The van der Waals surface area contributed by atoms with Crippen molar-refractivity contribution in [2.75, 3.05) is 0 Å². The molecule has 3 aromatic carbocycles. The second-order valence-electron chi connectivity index (χ2n) is 4.18. The van der Waals surface area contributed by atoms with Gasteiger partial charge in [-0.1, -0.05) is 60.7 Å². The van der Waals surface area contributed by atoms with Gasteiger partial charge in [-0.2, -0.15) is 0 Å². The zero-order chi connectivity index (χ0) is 16.0. The molecule has 0 heterocycles. The molecule has 2 N–H and O–H groups in total. The van der Waals surface area contributed by atoms with Gasteiger partial charge in [0.1, 0.15) is 0 Å². The molecule has 0 saturated carbocycles. The molecule has 0 unspecified atom stereocenters. The molecule has 0 bridgehead atoms. The van der Waals surface area contributed by atoms with Crippen LogP contribution in [-0.2, 0) is 20.3 Å². The van der Waals surface area contributed by atoms with Gasteiger partial charge < -0.3 is 11.5 Å². The van der Waals surface area contributed by atoms with Crippen molar-refractivity contribution in [3.63, 3.8) is 0 Å².